The molecule has 0 aliphatic heterocycles. The predicted molar refractivity (Wildman–Crippen MR) is 111 cm³/mol. The van der Waals surface area contributed by atoms with E-state index >= 15 is 0 Å². The number of ether oxygens (including phenoxy) is 3. The number of hydrogen-bond acceptors (Lipinski definition) is 5. The van der Waals surface area contributed by atoms with Crippen molar-refractivity contribution in [3.8, 4) is 17.2 Å². The average Bonchev–Trinajstić information content (AvgIpc) is 2.76. The Hall–Kier alpha value is -2.73. The van der Waals surface area contributed by atoms with Crippen LogP contribution in [0.25, 0.3) is 0 Å². The molecule has 0 aromatic heterocycles. The summed E-state index contributed by atoms with van der Waals surface area (Å²) in [7, 11) is 3.20. The molecule has 3 rings (SSSR count). The van der Waals surface area contributed by atoms with Crippen LogP contribution in [0.5, 0.6) is 17.2 Å². The molecular weight excluding hydrogens is 370 g/mol. The Kier molecular flexibility index (Phi) is 7.36. The molecule has 6 nitrogen and oxygen atoms in total. The van der Waals surface area contributed by atoms with Gasteiger partial charge in [-0.15, -0.1) is 0 Å². The number of benzene rings is 2. The number of aliphatic hydroxyl groups is 1. The topological polar surface area (TPSA) is 77.0 Å². The van der Waals surface area contributed by atoms with Crippen LogP contribution in [0.1, 0.15) is 37.2 Å². The number of carbonyl (C=O) groups excluding carboxylic acids is 1. The van der Waals surface area contributed by atoms with Crippen LogP contribution in [-0.2, 0) is 4.79 Å². The molecule has 0 saturated heterocycles. The summed E-state index contributed by atoms with van der Waals surface area (Å²) in [6.45, 7) is -0.204. The van der Waals surface area contributed by atoms with Crippen molar-refractivity contribution < 1.29 is 24.1 Å². The fraction of sp³-hybridized carbons (Fsp3) is 0.435. The third-order valence-electron chi connectivity index (χ3n) is 5.38. The molecule has 1 saturated carbocycles. The minimum absolute atomic E-state index is 0.0620. The molecule has 1 aliphatic carbocycles. The summed E-state index contributed by atoms with van der Waals surface area (Å²) in [6, 6.07) is 15.1. The van der Waals surface area contributed by atoms with Crippen LogP contribution in [0.3, 0.4) is 0 Å². The first kappa shape index (κ1) is 21.0. The van der Waals surface area contributed by atoms with Crippen molar-refractivity contribution in [3.05, 3.63) is 54.1 Å². The van der Waals surface area contributed by atoms with Crippen LogP contribution >= 0.6 is 0 Å². The first-order chi connectivity index (χ1) is 14.2. The molecule has 1 unspecified atom stereocenters. The van der Waals surface area contributed by atoms with Crippen molar-refractivity contribution in [2.24, 2.45) is 0 Å². The van der Waals surface area contributed by atoms with E-state index in [4.69, 9.17) is 14.2 Å². The zero-order chi connectivity index (χ0) is 20.6. The minimum atomic E-state index is -0.536. The second-order valence-electron chi connectivity index (χ2n) is 7.24. The largest absolute Gasteiger partial charge is 0.493 e. The van der Waals surface area contributed by atoms with Gasteiger partial charge in [0, 0.05) is 6.04 Å². The highest BCUT2D eigenvalue weighted by Crippen LogP contribution is 2.38. The summed E-state index contributed by atoms with van der Waals surface area (Å²) in [4.78, 5) is 12.6. The van der Waals surface area contributed by atoms with E-state index < -0.39 is 5.92 Å². The average molecular weight is 399 g/mol. The van der Waals surface area contributed by atoms with Crippen molar-refractivity contribution in [2.75, 3.05) is 20.8 Å². The van der Waals surface area contributed by atoms with Crippen molar-refractivity contribution >= 4 is 5.91 Å². The highest BCUT2D eigenvalue weighted by molar-refractivity contribution is 5.84. The summed E-state index contributed by atoms with van der Waals surface area (Å²) in [5, 5.41) is 12.8. The highest BCUT2D eigenvalue weighted by Gasteiger charge is 2.27. The molecule has 0 heterocycles. The maximum Gasteiger partial charge on any atom is 0.230 e. The van der Waals surface area contributed by atoms with Crippen LogP contribution in [0.2, 0.25) is 0 Å². The number of rotatable bonds is 8. The molecule has 2 N–H and O–H groups in total. The molecule has 2 aromatic carbocycles. The lowest BCUT2D eigenvalue weighted by molar-refractivity contribution is -0.124. The smallest absolute Gasteiger partial charge is 0.230 e. The molecule has 1 atom stereocenters. The second-order valence-corrected chi connectivity index (χ2v) is 7.24. The Morgan fingerprint density at radius 1 is 1.00 bits per heavy atom. The lowest BCUT2D eigenvalue weighted by Crippen LogP contribution is -2.42. The summed E-state index contributed by atoms with van der Waals surface area (Å²) in [5.74, 6) is 1.24. The van der Waals surface area contributed by atoms with Crippen molar-refractivity contribution in [3.63, 3.8) is 0 Å². The molecule has 1 fully saturated rings. The Bertz CT molecular complexity index is 787. The molecule has 0 bridgehead atoms. The molecular formula is C23H29NO5. The van der Waals surface area contributed by atoms with Crippen LogP contribution in [0.4, 0.5) is 0 Å². The molecule has 29 heavy (non-hydrogen) atoms. The number of para-hydroxylation sites is 1. The quantitative estimate of drug-likeness (QED) is 0.712. The van der Waals surface area contributed by atoms with Gasteiger partial charge < -0.3 is 24.6 Å². The van der Waals surface area contributed by atoms with Crippen LogP contribution in [0.15, 0.2) is 48.5 Å². The Balaban J connectivity index is 1.54. The van der Waals surface area contributed by atoms with Crippen LogP contribution in [-0.4, -0.2) is 44.0 Å². The SMILES string of the molecule is COc1cccc(OC2CCC(NC(=O)C(CO)c3ccccc3)CC2)c1OC. The van der Waals surface area contributed by atoms with E-state index in [2.05, 4.69) is 5.32 Å². The molecule has 6 heteroatoms. The van der Waals surface area contributed by atoms with E-state index in [0.29, 0.717) is 17.2 Å². The van der Waals surface area contributed by atoms with Gasteiger partial charge >= 0.3 is 0 Å². The van der Waals surface area contributed by atoms with Crippen LogP contribution in [0, 0.1) is 0 Å². The van der Waals surface area contributed by atoms with Gasteiger partial charge in [0.15, 0.2) is 11.5 Å². The number of amides is 1. The van der Waals surface area contributed by atoms with E-state index in [1.54, 1.807) is 14.2 Å². The fourth-order valence-corrected chi connectivity index (χ4v) is 3.78. The third kappa shape index (κ3) is 5.21. The maximum absolute atomic E-state index is 12.6. The van der Waals surface area contributed by atoms with E-state index in [1.165, 1.54) is 0 Å². The van der Waals surface area contributed by atoms with Gasteiger partial charge in [0.1, 0.15) is 0 Å². The normalized spacial score (nSPS) is 19.8. The van der Waals surface area contributed by atoms with E-state index in [9.17, 15) is 9.90 Å². The molecule has 1 amide bonds. The molecule has 0 spiro atoms. The molecule has 0 radical (unpaired) electrons. The zero-order valence-corrected chi connectivity index (χ0v) is 17.0. The first-order valence-corrected chi connectivity index (χ1v) is 10.00. The number of aliphatic hydroxyl groups excluding tert-OH is 1. The van der Waals surface area contributed by atoms with Gasteiger partial charge in [-0.3, -0.25) is 4.79 Å². The Morgan fingerprint density at radius 3 is 2.31 bits per heavy atom. The monoisotopic (exact) mass is 399 g/mol. The molecule has 156 valence electrons. The van der Waals surface area contributed by atoms with Gasteiger partial charge in [-0.1, -0.05) is 36.4 Å². The summed E-state index contributed by atoms with van der Waals surface area (Å²) < 4.78 is 16.9. The summed E-state index contributed by atoms with van der Waals surface area (Å²) in [6.07, 6.45) is 3.39. The summed E-state index contributed by atoms with van der Waals surface area (Å²) in [5.41, 5.74) is 0.828. The fourth-order valence-electron chi connectivity index (χ4n) is 3.78. The van der Waals surface area contributed by atoms with Gasteiger partial charge in [0.25, 0.3) is 0 Å². The predicted octanol–water partition coefficient (Wildman–Crippen LogP) is 3.29. The van der Waals surface area contributed by atoms with Gasteiger partial charge in [-0.2, -0.15) is 0 Å². The maximum atomic E-state index is 12.6. The third-order valence-corrected chi connectivity index (χ3v) is 5.38. The van der Waals surface area contributed by atoms with Crippen LogP contribution < -0.4 is 19.5 Å². The van der Waals surface area contributed by atoms with E-state index in [0.717, 1.165) is 31.2 Å². The van der Waals surface area contributed by atoms with Gasteiger partial charge in [0.2, 0.25) is 11.7 Å². The van der Waals surface area contributed by atoms with Gasteiger partial charge in [0.05, 0.1) is 32.8 Å². The number of carbonyl (C=O) groups is 1. The zero-order valence-electron chi connectivity index (χ0n) is 17.0. The number of methoxy groups -OCH3 is 2. The lowest BCUT2D eigenvalue weighted by Gasteiger charge is -2.31. The van der Waals surface area contributed by atoms with E-state index in [1.807, 2.05) is 48.5 Å². The van der Waals surface area contributed by atoms with Crippen molar-refractivity contribution in [1.29, 1.82) is 0 Å². The summed E-state index contributed by atoms with van der Waals surface area (Å²) >= 11 is 0. The van der Waals surface area contributed by atoms with Gasteiger partial charge in [-0.05, 0) is 43.4 Å². The first-order valence-electron chi connectivity index (χ1n) is 10.00. The standard InChI is InChI=1S/C23H29NO5/c1-27-20-9-6-10-21(22(20)28-2)29-18-13-11-17(12-14-18)24-23(26)19(15-25)16-7-4-3-5-8-16/h3-10,17-19,25H,11-15H2,1-2H3,(H,24,26). The number of hydrogen-bond donors (Lipinski definition) is 2. The minimum Gasteiger partial charge on any atom is -0.493 e. The Morgan fingerprint density at radius 2 is 1.69 bits per heavy atom. The van der Waals surface area contributed by atoms with E-state index in [-0.39, 0.29) is 24.7 Å². The highest BCUT2D eigenvalue weighted by atomic mass is 16.5. The lowest BCUT2D eigenvalue weighted by atomic mass is 9.91. The van der Waals surface area contributed by atoms with Crippen molar-refractivity contribution in [2.45, 2.75) is 43.7 Å². The Labute approximate surface area is 171 Å². The van der Waals surface area contributed by atoms with Gasteiger partial charge in [-0.25, -0.2) is 0 Å². The second kappa shape index (κ2) is 10.2. The molecule has 1 aliphatic rings. The van der Waals surface area contributed by atoms with Crippen molar-refractivity contribution in [1.82, 2.24) is 5.32 Å². The number of nitrogens with one attached hydrogen (secondary N) is 1. The molecule has 2 aromatic rings.